The van der Waals surface area contributed by atoms with Crippen LogP contribution in [0.2, 0.25) is 0 Å². The monoisotopic (exact) mass is 395 g/mol. The highest BCUT2D eigenvalue weighted by molar-refractivity contribution is 5.79. The summed E-state index contributed by atoms with van der Waals surface area (Å²) >= 11 is 0. The molecule has 0 saturated carbocycles. The highest BCUT2D eigenvalue weighted by Crippen LogP contribution is 2.23. The second kappa shape index (κ2) is 10.6. The van der Waals surface area contributed by atoms with Gasteiger partial charge in [-0.05, 0) is 37.6 Å². The molecule has 152 valence electrons. The summed E-state index contributed by atoms with van der Waals surface area (Å²) in [5.74, 6) is 0.110. The average molecular weight is 395 g/mol. The molecule has 0 spiro atoms. The van der Waals surface area contributed by atoms with Crippen LogP contribution >= 0.6 is 0 Å². The van der Waals surface area contributed by atoms with E-state index in [0.717, 1.165) is 5.56 Å². The summed E-state index contributed by atoms with van der Waals surface area (Å²) in [5.41, 5.74) is 1.99. The molecule has 2 aromatic rings. The molecule has 8 heteroatoms. The lowest BCUT2D eigenvalue weighted by Gasteiger charge is -2.16. The summed E-state index contributed by atoms with van der Waals surface area (Å²) in [7, 11) is 0. The molecule has 2 aromatic carbocycles. The number of hydrogen-bond donors (Lipinski definition) is 3. The van der Waals surface area contributed by atoms with Crippen LogP contribution in [-0.4, -0.2) is 30.8 Å². The molecule has 0 aliphatic heterocycles. The third-order valence-electron chi connectivity index (χ3n) is 3.90. The van der Waals surface area contributed by atoms with Gasteiger partial charge in [-0.2, -0.15) is 8.78 Å². The minimum absolute atomic E-state index is 0.0755. The van der Waals surface area contributed by atoms with Gasteiger partial charge in [-0.1, -0.05) is 29.8 Å². The molecule has 0 radical (unpaired) electrons. The Hall–Kier alpha value is -2.74. The number of aliphatic imine (C=N–C) groups is 1. The molecular weight excluding hydrogens is 371 g/mol. The van der Waals surface area contributed by atoms with Crippen LogP contribution in [0.15, 0.2) is 47.5 Å². The van der Waals surface area contributed by atoms with Gasteiger partial charge in [0.2, 0.25) is 0 Å². The Bertz CT molecular complexity index is 783. The number of aryl methyl sites for hydroxylation is 1. The fraction of sp³-hybridized carbons (Fsp3) is 0.350. The molecule has 0 aromatic heterocycles. The number of halogens is 3. The van der Waals surface area contributed by atoms with Crippen molar-refractivity contribution in [1.82, 2.24) is 10.6 Å². The quantitative estimate of drug-likeness (QED) is 0.473. The first kappa shape index (κ1) is 21.6. The number of benzene rings is 2. The third kappa shape index (κ3) is 6.77. The van der Waals surface area contributed by atoms with Crippen molar-refractivity contribution < 1.29 is 23.0 Å². The molecule has 5 nitrogen and oxygen atoms in total. The summed E-state index contributed by atoms with van der Waals surface area (Å²) in [5, 5.41) is 16.2. The number of ether oxygens (including phenoxy) is 1. The molecule has 3 N–H and O–H groups in total. The van der Waals surface area contributed by atoms with E-state index in [1.165, 1.54) is 30.3 Å². The van der Waals surface area contributed by atoms with Gasteiger partial charge in [0.1, 0.15) is 11.6 Å². The first-order valence-electron chi connectivity index (χ1n) is 8.89. The Kier molecular flexibility index (Phi) is 8.13. The van der Waals surface area contributed by atoms with E-state index in [0.29, 0.717) is 23.6 Å². The van der Waals surface area contributed by atoms with Gasteiger partial charge in [-0.15, -0.1) is 0 Å². The highest BCUT2D eigenvalue weighted by Gasteiger charge is 2.11. The zero-order valence-electron chi connectivity index (χ0n) is 15.8. The van der Waals surface area contributed by atoms with Crippen LogP contribution in [0.1, 0.15) is 29.7 Å². The SMILES string of the molecule is CCNC(=NCc1cc(C)ccc1OC(F)F)NCC(O)c1ccc(F)cc1. The zero-order valence-corrected chi connectivity index (χ0v) is 15.8. The first-order chi connectivity index (χ1) is 13.4. The number of alkyl halides is 2. The Balaban J connectivity index is 2.06. The Morgan fingerprint density at radius 2 is 1.86 bits per heavy atom. The maximum atomic E-state index is 13.0. The van der Waals surface area contributed by atoms with Gasteiger partial charge in [0.15, 0.2) is 5.96 Å². The smallest absolute Gasteiger partial charge is 0.387 e. The molecule has 0 bridgehead atoms. The molecule has 0 fully saturated rings. The van der Waals surface area contributed by atoms with Crippen LogP contribution in [0.4, 0.5) is 13.2 Å². The van der Waals surface area contributed by atoms with E-state index >= 15 is 0 Å². The zero-order chi connectivity index (χ0) is 20.5. The first-order valence-corrected chi connectivity index (χ1v) is 8.89. The van der Waals surface area contributed by atoms with E-state index in [9.17, 15) is 18.3 Å². The van der Waals surface area contributed by atoms with E-state index in [-0.39, 0.29) is 24.7 Å². The Morgan fingerprint density at radius 3 is 2.50 bits per heavy atom. The topological polar surface area (TPSA) is 65.9 Å². The summed E-state index contributed by atoms with van der Waals surface area (Å²) in [6, 6.07) is 10.5. The van der Waals surface area contributed by atoms with Crippen molar-refractivity contribution in [3.05, 3.63) is 65.0 Å². The molecule has 2 rings (SSSR count). The normalized spacial score (nSPS) is 12.8. The van der Waals surface area contributed by atoms with E-state index in [4.69, 9.17) is 0 Å². The minimum Gasteiger partial charge on any atom is -0.434 e. The van der Waals surface area contributed by atoms with Crippen LogP contribution in [-0.2, 0) is 6.54 Å². The van der Waals surface area contributed by atoms with E-state index in [2.05, 4.69) is 20.4 Å². The van der Waals surface area contributed by atoms with Crippen LogP contribution in [0.5, 0.6) is 5.75 Å². The van der Waals surface area contributed by atoms with Gasteiger partial charge in [0.25, 0.3) is 0 Å². The third-order valence-corrected chi connectivity index (χ3v) is 3.90. The van der Waals surface area contributed by atoms with Crippen LogP contribution in [0.25, 0.3) is 0 Å². The van der Waals surface area contributed by atoms with Crippen molar-refractivity contribution in [2.75, 3.05) is 13.1 Å². The van der Waals surface area contributed by atoms with Gasteiger partial charge in [-0.3, -0.25) is 0 Å². The van der Waals surface area contributed by atoms with Crippen LogP contribution in [0.3, 0.4) is 0 Å². The average Bonchev–Trinajstić information content (AvgIpc) is 2.66. The van der Waals surface area contributed by atoms with Gasteiger partial charge in [0.05, 0.1) is 12.6 Å². The lowest BCUT2D eigenvalue weighted by molar-refractivity contribution is -0.0504. The highest BCUT2D eigenvalue weighted by atomic mass is 19.3. The van der Waals surface area contributed by atoms with Crippen molar-refractivity contribution in [2.24, 2.45) is 4.99 Å². The lowest BCUT2D eigenvalue weighted by atomic mass is 10.1. The predicted octanol–water partition coefficient (Wildman–Crippen LogP) is 3.52. The molecule has 0 saturated heterocycles. The Morgan fingerprint density at radius 1 is 1.14 bits per heavy atom. The molecule has 0 aliphatic carbocycles. The predicted molar refractivity (Wildman–Crippen MR) is 102 cm³/mol. The fourth-order valence-electron chi connectivity index (χ4n) is 2.54. The van der Waals surface area contributed by atoms with Crippen molar-refractivity contribution >= 4 is 5.96 Å². The molecule has 1 atom stereocenters. The number of rotatable bonds is 8. The van der Waals surface area contributed by atoms with Gasteiger partial charge < -0.3 is 20.5 Å². The van der Waals surface area contributed by atoms with Gasteiger partial charge >= 0.3 is 6.61 Å². The van der Waals surface area contributed by atoms with Gasteiger partial charge in [0, 0.05) is 18.7 Å². The molecule has 28 heavy (non-hydrogen) atoms. The second-order valence-corrected chi connectivity index (χ2v) is 6.13. The van der Waals surface area contributed by atoms with E-state index < -0.39 is 12.7 Å². The largest absolute Gasteiger partial charge is 0.434 e. The minimum atomic E-state index is -2.91. The molecule has 0 amide bonds. The molecular formula is C20H24F3N3O2. The molecule has 0 heterocycles. The number of aliphatic hydroxyl groups excluding tert-OH is 1. The molecule has 0 aliphatic rings. The van der Waals surface area contributed by atoms with Crippen molar-refractivity contribution in [2.45, 2.75) is 33.1 Å². The van der Waals surface area contributed by atoms with Gasteiger partial charge in [-0.25, -0.2) is 9.38 Å². The van der Waals surface area contributed by atoms with E-state index in [1.54, 1.807) is 12.1 Å². The van der Waals surface area contributed by atoms with Crippen molar-refractivity contribution in [3.8, 4) is 5.75 Å². The number of nitrogens with zero attached hydrogens (tertiary/aromatic N) is 1. The summed E-state index contributed by atoms with van der Waals surface area (Å²) < 4.78 is 42.7. The van der Waals surface area contributed by atoms with Crippen molar-refractivity contribution in [1.29, 1.82) is 0 Å². The number of hydrogen-bond acceptors (Lipinski definition) is 3. The van der Waals surface area contributed by atoms with Crippen molar-refractivity contribution in [3.63, 3.8) is 0 Å². The number of guanidine groups is 1. The summed E-state index contributed by atoms with van der Waals surface area (Å²) in [6.07, 6.45) is -0.860. The number of aliphatic hydroxyl groups is 1. The summed E-state index contributed by atoms with van der Waals surface area (Å²) in [4.78, 5) is 4.37. The van der Waals surface area contributed by atoms with Crippen LogP contribution in [0, 0.1) is 12.7 Å². The molecule has 1 unspecified atom stereocenters. The second-order valence-electron chi connectivity index (χ2n) is 6.13. The Labute approximate surface area is 162 Å². The van der Waals surface area contributed by atoms with Crippen LogP contribution < -0.4 is 15.4 Å². The number of nitrogens with one attached hydrogen (secondary N) is 2. The standard InChI is InChI=1S/C20H24F3N3O2/c1-3-24-20(26-12-17(27)14-5-7-16(21)8-6-14)25-11-15-10-13(2)4-9-18(15)28-19(22)23/h4-10,17,19,27H,3,11-12H2,1-2H3,(H2,24,25,26). The maximum Gasteiger partial charge on any atom is 0.387 e. The maximum absolute atomic E-state index is 13.0. The fourth-order valence-corrected chi connectivity index (χ4v) is 2.54. The lowest BCUT2D eigenvalue weighted by Crippen LogP contribution is -2.39. The summed E-state index contributed by atoms with van der Waals surface area (Å²) in [6.45, 7) is 1.65. The van der Waals surface area contributed by atoms with E-state index in [1.807, 2.05) is 13.8 Å².